The van der Waals surface area contributed by atoms with Gasteiger partial charge in [0.05, 0.1) is 0 Å². The van der Waals surface area contributed by atoms with Gasteiger partial charge in [-0.1, -0.05) is 115 Å². The van der Waals surface area contributed by atoms with E-state index in [0.29, 0.717) is 0 Å². The summed E-state index contributed by atoms with van der Waals surface area (Å²) in [5.41, 5.74) is 12.9. The van der Waals surface area contributed by atoms with Gasteiger partial charge in [0.15, 0.2) is 0 Å². The Labute approximate surface area is 215 Å². The lowest BCUT2D eigenvalue weighted by molar-refractivity contribution is 1.05. The summed E-state index contributed by atoms with van der Waals surface area (Å²) in [5, 5.41) is 3.20. The largest absolute Gasteiger partial charge is 0.345 e. The smallest absolute Gasteiger partial charge is 0.246 e. The molecule has 0 unspecified atom stereocenters. The molecule has 1 nitrogen and oxygen atoms in total. The van der Waals surface area contributed by atoms with Crippen LogP contribution in [0, 0.1) is 0 Å². The number of fused-ring (bicyclic) bond motifs is 4. The molecule has 3 heteroatoms. The minimum Gasteiger partial charge on any atom is -0.345 e. The average molecular weight is 480 g/mol. The molecule has 0 spiro atoms. The molecular weight excluding hydrogens is 449 g/mol. The summed E-state index contributed by atoms with van der Waals surface area (Å²) in [6.07, 6.45) is 9.08. The summed E-state index contributed by atoms with van der Waals surface area (Å²) in [4.78, 5) is 2.49. The third-order valence-electron chi connectivity index (χ3n) is 8.59. The van der Waals surface area contributed by atoms with Gasteiger partial charge < -0.3 is 4.90 Å². The highest BCUT2D eigenvalue weighted by Gasteiger charge is 2.48. The Kier molecular flexibility index (Phi) is 4.81. The van der Waals surface area contributed by atoms with Crippen LogP contribution in [0.2, 0.25) is 13.1 Å². The van der Waals surface area contributed by atoms with E-state index >= 15 is 0 Å². The molecule has 4 aromatic rings. The summed E-state index contributed by atoms with van der Waals surface area (Å²) in [5.74, 6) is 0. The number of rotatable bonds is 2. The van der Waals surface area contributed by atoms with Gasteiger partial charge in [-0.3, -0.25) is 0 Å². The van der Waals surface area contributed by atoms with Gasteiger partial charge in [-0.15, -0.1) is 0 Å². The number of nitrogens with zero attached hydrogens (tertiary/aromatic N) is 1. The van der Waals surface area contributed by atoms with E-state index in [0.717, 1.165) is 12.8 Å². The summed E-state index contributed by atoms with van der Waals surface area (Å²) in [6.45, 7) is 5.39. The lowest BCUT2D eigenvalue weighted by Crippen LogP contribution is -2.78. The number of para-hydroxylation sites is 1. The number of hydrogen-bond acceptors (Lipinski definition) is 1. The van der Waals surface area contributed by atoms with Crippen molar-refractivity contribution in [2.75, 3.05) is 11.9 Å². The van der Waals surface area contributed by atoms with E-state index < -0.39 is 8.07 Å². The molecule has 0 saturated carbocycles. The third kappa shape index (κ3) is 2.96. The van der Waals surface area contributed by atoms with Crippen molar-refractivity contribution in [3.05, 3.63) is 109 Å². The Bertz CT molecular complexity index is 1580. The van der Waals surface area contributed by atoms with Crippen LogP contribution < -0.4 is 31.7 Å². The first-order valence-corrected chi connectivity index (χ1v) is 16.1. The molecule has 0 radical (unpaired) electrons. The first kappa shape index (κ1) is 21.7. The highest BCUT2D eigenvalue weighted by Crippen LogP contribution is 2.39. The molecule has 4 aromatic carbocycles. The quantitative estimate of drug-likeness (QED) is 0.373. The van der Waals surface area contributed by atoms with Gasteiger partial charge in [0, 0.05) is 24.0 Å². The first-order chi connectivity index (χ1) is 17.6. The van der Waals surface area contributed by atoms with Gasteiger partial charge in [0.1, 0.15) is 8.07 Å². The number of anilines is 2. The molecule has 0 N–H and O–H groups in total. The topological polar surface area (TPSA) is 3.24 Å². The molecule has 0 amide bonds. The molecule has 0 aromatic heterocycles. The van der Waals surface area contributed by atoms with Crippen LogP contribution >= 0.6 is 0 Å². The zero-order chi connectivity index (χ0) is 24.4. The van der Waals surface area contributed by atoms with Crippen molar-refractivity contribution < 1.29 is 0 Å². The van der Waals surface area contributed by atoms with Crippen molar-refractivity contribution >= 4 is 58.5 Å². The molecular formula is C33H30BNSi. The lowest BCUT2D eigenvalue weighted by atomic mass is 9.34. The molecule has 0 saturated heterocycles. The van der Waals surface area contributed by atoms with Gasteiger partial charge in [0.25, 0.3) is 0 Å². The fraction of sp³-hybridized carbons (Fsp3) is 0.152. The Morgan fingerprint density at radius 3 is 2.31 bits per heavy atom. The number of allylic oxidation sites excluding steroid dienone is 4. The summed E-state index contributed by atoms with van der Waals surface area (Å²) in [7, 11) is 0.284. The highest BCUT2D eigenvalue weighted by molar-refractivity contribution is 7.15. The predicted molar refractivity (Wildman–Crippen MR) is 161 cm³/mol. The third-order valence-corrected chi connectivity index (χ3v) is 12.2. The molecule has 36 heavy (non-hydrogen) atoms. The Morgan fingerprint density at radius 2 is 1.53 bits per heavy atom. The van der Waals surface area contributed by atoms with Crippen LogP contribution in [-0.2, 0) is 0 Å². The fourth-order valence-electron chi connectivity index (χ4n) is 7.02. The van der Waals surface area contributed by atoms with Gasteiger partial charge in [0.2, 0.25) is 6.71 Å². The standard InChI is InChI=1S/C33H30BNSi/c1-35-29-20-12-10-18-27(29)34-28-19-11-13-21-30(28)36(2,3)33-26(24-16-8-5-9-17-24)22-25(32(35)31(33)34)23-14-6-4-7-15-23/h4-6,8-14,16-22H,7,15H2,1-3H3. The molecule has 174 valence electrons. The second-order valence-electron chi connectivity index (χ2n) is 10.9. The van der Waals surface area contributed by atoms with Crippen LogP contribution in [0.5, 0.6) is 0 Å². The molecule has 2 heterocycles. The monoisotopic (exact) mass is 479 g/mol. The maximum atomic E-state index is 2.56. The van der Waals surface area contributed by atoms with Crippen molar-refractivity contribution in [1.29, 1.82) is 0 Å². The van der Waals surface area contributed by atoms with Crippen LogP contribution in [-0.4, -0.2) is 21.8 Å². The Balaban J connectivity index is 1.68. The molecule has 0 fully saturated rings. The molecule has 7 rings (SSSR count). The van der Waals surface area contributed by atoms with Gasteiger partial charge >= 0.3 is 0 Å². The summed E-state index contributed by atoms with van der Waals surface area (Å²) in [6, 6.07) is 32.0. The zero-order valence-electron chi connectivity index (χ0n) is 21.3. The van der Waals surface area contributed by atoms with Gasteiger partial charge in [-0.05, 0) is 57.8 Å². The predicted octanol–water partition coefficient (Wildman–Crippen LogP) is 4.82. The van der Waals surface area contributed by atoms with Crippen LogP contribution in [0.3, 0.4) is 0 Å². The first-order valence-electron chi connectivity index (χ1n) is 13.1. The molecule has 0 atom stereocenters. The van der Waals surface area contributed by atoms with E-state index in [9.17, 15) is 0 Å². The summed E-state index contributed by atoms with van der Waals surface area (Å²) < 4.78 is 0. The normalized spacial score (nSPS) is 16.7. The minimum atomic E-state index is -2.00. The van der Waals surface area contributed by atoms with Crippen molar-refractivity contribution in [2.45, 2.75) is 25.9 Å². The second-order valence-corrected chi connectivity index (χ2v) is 15.2. The number of hydrogen-bond donors (Lipinski definition) is 0. The zero-order valence-corrected chi connectivity index (χ0v) is 22.3. The Morgan fingerprint density at radius 1 is 0.806 bits per heavy atom. The summed E-state index contributed by atoms with van der Waals surface area (Å²) >= 11 is 0. The van der Waals surface area contributed by atoms with Crippen molar-refractivity contribution in [3.63, 3.8) is 0 Å². The van der Waals surface area contributed by atoms with E-state index in [1.165, 1.54) is 44.6 Å². The maximum Gasteiger partial charge on any atom is 0.246 e. The van der Waals surface area contributed by atoms with Crippen LogP contribution in [0.1, 0.15) is 18.4 Å². The van der Waals surface area contributed by atoms with E-state index in [1.807, 2.05) is 0 Å². The lowest BCUT2D eigenvalue weighted by Gasteiger charge is -2.46. The van der Waals surface area contributed by atoms with Crippen LogP contribution in [0.4, 0.5) is 11.4 Å². The van der Waals surface area contributed by atoms with E-state index in [4.69, 9.17) is 0 Å². The van der Waals surface area contributed by atoms with Gasteiger partial charge in [-0.2, -0.15) is 0 Å². The highest BCUT2D eigenvalue weighted by atomic mass is 28.3. The van der Waals surface area contributed by atoms with E-state index in [2.05, 4.69) is 128 Å². The molecule has 2 aliphatic heterocycles. The fourth-order valence-corrected chi connectivity index (χ4v) is 10.6. The van der Waals surface area contributed by atoms with E-state index in [-0.39, 0.29) is 6.71 Å². The van der Waals surface area contributed by atoms with Crippen LogP contribution in [0.25, 0.3) is 16.7 Å². The maximum absolute atomic E-state index is 2.56. The van der Waals surface area contributed by atoms with Crippen molar-refractivity contribution in [2.24, 2.45) is 0 Å². The molecule has 1 aliphatic carbocycles. The van der Waals surface area contributed by atoms with E-state index in [1.54, 1.807) is 15.8 Å². The van der Waals surface area contributed by atoms with Crippen molar-refractivity contribution in [3.8, 4) is 11.1 Å². The minimum absolute atomic E-state index is 0.265. The molecule has 0 bridgehead atoms. The van der Waals surface area contributed by atoms with Crippen LogP contribution in [0.15, 0.2) is 103 Å². The van der Waals surface area contributed by atoms with Gasteiger partial charge in [-0.25, -0.2) is 0 Å². The molecule has 3 aliphatic rings. The average Bonchev–Trinajstić information content (AvgIpc) is 2.93. The van der Waals surface area contributed by atoms with Crippen molar-refractivity contribution in [1.82, 2.24) is 0 Å². The Hall–Kier alpha value is -3.56. The number of benzene rings is 4. The SMILES string of the molecule is CN1c2ccccc2B2c3ccccc3[Si](C)(C)c3c(-c4ccccc4)cc(C4=CC=CCC4)c1c32. The second kappa shape index (κ2) is 7.98.